The van der Waals surface area contributed by atoms with Gasteiger partial charge in [0, 0.05) is 47.4 Å². The molecule has 4 aromatic rings. The van der Waals surface area contributed by atoms with Crippen molar-refractivity contribution in [1.29, 1.82) is 0 Å². The minimum Gasteiger partial charge on any atom is -0.461 e. The van der Waals surface area contributed by atoms with Gasteiger partial charge in [-0.2, -0.15) is 9.97 Å². The number of alkyl halides is 1. The second-order valence-corrected chi connectivity index (χ2v) is 13.6. The average molecular weight is 669 g/mol. The fourth-order valence-corrected chi connectivity index (χ4v) is 8.69. The average Bonchev–Trinajstić information content (AvgIpc) is 3.65. The lowest BCUT2D eigenvalue weighted by Crippen LogP contribution is -2.63. The van der Waals surface area contributed by atoms with Gasteiger partial charge >= 0.3 is 6.01 Å². The largest absolute Gasteiger partial charge is 0.461 e. The van der Waals surface area contributed by atoms with Gasteiger partial charge in [-0.15, -0.1) is 0 Å². The van der Waals surface area contributed by atoms with Crippen molar-refractivity contribution in [3.8, 4) is 17.1 Å². The maximum absolute atomic E-state index is 16.9. The highest BCUT2D eigenvalue weighted by Crippen LogP contribution is 2.46. The zero-order chi connectivity index (χ0) is 31.9. The van der Waals surface area contributed by atoms with E-state index in [1.54, 1.807) is 18.2 Å². The standard InChI is InChI=1S/C34H30Cl2F3N5O2/c1-18(37)32(45)43-12-9-25-26(43)16-44(25)31-22-13-24(36)28(21-7-2-5-19-6-3-8-23(35)27(19)21)29(39)30(22)40-33(41-31)46-17-34-10-4-11-42(34)15-20(38)14-34/h2-3,5-8,13,20,25-26H,1,4,9-12,14-17H2/t20-,25?,26-,34+/m1/s1. The number of amides is 1. The fourth-order valence-electron chi connectivity index (χ4n) is 8.11. The highest BCUT2D eigenvalue weighted by molar-refractivity contribution is 6.38. The fraction of sp³-hybridized carbons (Fsp3) is 0.382. The van der Waals surface area contributed by atoms with Crippen LogP contribution in [0.2, 0.25) is 10.0 Å². The summed E-state index contributed by atoms with van der Waals surface area (Å²) in [5, 5.41) is 2.50. The first-order chi connectivity index (χ1) is 22.1. The Labute approximate surface area is 273 Å². The molecule has 0 aliphatic carbocycles. The number of nitrogens with zero attached hydrogens (tertiary/aromatic N) is 5. The number of anilines is 1. The number of ether oxygens (including phenoxy) is 1. The molecule has 0 spiro atoms. The van der Waals surface area contributed by atoms with Gasteiger partial charge in [-0.05, 0) is 48.9 Å². The molecule has 5 heterocycles. The Bertz CT molecular complexity index is 1940. The van der Waals surface area contributed by atoms with Crippen molar-refractivity contribution in [1.82, 2.24) is 19.8 Å². The summed E-state index contributed by atoms with van der Waals surface area (Å²) >= 11 is 13.5. The maximum Gasteiger partial charge on any atom is 0.319 e. The second kappa shape index (κ2) is 11.0. The molecule has 0 radical (unpaired) electrons. The van der Waals surface area contributed by atoms with Crippen molar-refractivity contribution in [3.63, 3.8) is 0 Å². The van der Waals surface area contributed by atoms with Crippen LogP contribution >= 0.6 is 23.2 Å². The molecule has 238 valence electrons. The Hall–Kier alpha value is -3.60. The first-order valence-corrected chi connectivity index (χ1v) is 16.2. The number of aromatic nitrogens is 2. The van der Waals surface area contributed by atoms with Crippen LogP contribution in [0.3, 0.4) is 0 Å². The third kappa shape index (κ3) is 4.55. The Balaban J connectivity index is 1.24. The van der Waals surface area contributed by atoms with Gasteiger partial charge in [0.05, 0.1) is 22.6 Å². The number of benzene rings is 3. The summed E-state index contributed by atoms with van der Waals surface area (Å²) in [6.45, 7) is 5.24. The van der Waals surface area contributed by atoms with E-state index < -0.39 is 29.3 Å². The van der Waals surface area contributed by atoms with Crippen LogP contribution in [0.4, 0.5) is 19.0 Å². The van der Waals surface area contributed by atoms with E-state index in [0.29, 0.717) is 59.7 Å². The number of rotatable bonds is 6. The molecule has 4 aliphatic heterocycles. The van der Waals surface area contributed by atoms with E-state index in [2.05, 4.69) is 16.5 Å². The number of carbonyl (C=O) groups excluding carboxylic acids is 1. The third-order valence-electron chi connectivity index (χ3n) is 10.3. The van der Waals surface area contributed by atoms with E-state index in [4.69, 9.17) is 32.9 Å². The number of likely N-dealkylation sites (tertiary alicyclic amines) is 1. The first-order valence-electron chi connectivity index (χ1n) is 15.5. The van der Waals surface area contributed by atoms with Gasteiger partial charge in [0.25, 0.3) is 5.91 Å². The molecule has 1 amide bonds. The molecule has 0 saturated carbocycles. The predicted molar refractivity (Wildman–Crippen MR) is 173 cm³/mol. The van der Waals surface area contributed by atoms with E-state index in [9.17, 15) is 13.6 Å². The summed E-state index contributed by atoms with van der Waals surface area (Å²) in [6.07, 6.45) is 1.75. The normalized spacial score (nSPS) is 25.6. The van der Waals surface area contributed by atoms with Crippen LogP contribution in [-0.2, 0) is 4.79 Å². The van der Waals surface area contributed by atoms with Gasteiger partial charge in [-0.3, -0.25) is 9.69 Å². The summed E-state index contributed by atoms with van der Waals surface area (Å²) in [5.74, 6) is -1.96. The van der Waals surface area contributed by atoms with Crippen LogP contribution in [0.25, 0.3) is 32.8 Å². The van der Waals surface area contributed by atoms with Crippen LogP contribution in [0, 0.1) is 5.82 Å². The maximum atomic E-state index is 16.9. The topological polar surface area (TPSA) is 61.8 Å². The van der Waals surface area contributed by atoms with E-state index in [1.165, 1.54) is 4.90 Å². The Kier molecular flexibility index (Phi) is 7.12. The third-order valence-corrected chi connectivity index (χ3v) is 10.9. The van der Waals surface area contributed by atoms with Gasteiger partial charge in [0.15, 0.2) is 11.6 Å². The van der Waals surface area contributed by atoms with Gasteiger partial charge in [0.2, 0.25) is 0 Å². The monoisotopic (exact) mass is 667 g/mol. The molecule has 7 nitrogen and oxygen atoms in total. The van der Waals surface area contributed by atoms with Gasteiger partial charge in [0.1, 0.15) is 24.1 Å². The van der Waals surface area contributed by atoms with Crippen LogP contribution < -0.4 is 9.64 Å². The van der Waals surface area contributed by atoms with Gasteiger partial charge in [-0.1, -0.05) is 60.1 Å². The highest BCUT2D eigenvalue weighted by atomic mass is 35.5. The quantitative estimate of drug-likeness (QED) is 0.204. The van der Waals surface area contributed by atoms with Gasteiger partial charge < -0.3 is 14.5 Å². The summed E-state index contributed by atoms with van der Waals surface area (Å²) < 4.78 is 51.4. The van der Waals surface area contributed by atoms with Crippen molar-refractivity contribution in [3.05, 3.63) is 70.7 Å². The number of hydrogen-bond acceptors (Lipinski definition) is 6. The van der Waals surface area contributed by atoms with E-state index in [1.807, 2.05) is 29.2 Å². The van der Waals surface area contributed by atoms with E-state index in [-0.39, 0.29) is 40.8 Å². The lowest BCUT2D eigenvalue weighted by atomic mass is 9.94. The molecule has 4 atom stereocenters. The Morgan fingerprint density at radius 1 is 1.09 bits per heavy atom. The minimum absolute atomic E-state index is 0.0190. The summed E-state index contributed by atoms with van der Waals surface area (Å²) in [5.41, 5.74) is 0.242. The minimum atomic E-state index is -1.00. The zero-order valence-electron chi connectivity index (χ0n) is 24.8. The number of fused-ring (bicyclic) bond motifs is 4. The summed E-state index contributed by atoms with van der Waals surface area (Å²) in [4.78, 5) is 27.4. The van der Waals surface area contributed by atoms with Crippen LogP contribution in [-0.4, -0.2) is 82.3 Å². The predicted octanol–water partition coefficient (Wildman–Crippen LogP) is 7.12. The Morgan fingerprint density at radius 3 is 2.70 bits per heavy atom. The smallest absolute Gasteiger partial charge is 0.319 e. The second-order valence-electron chi connectivity index (χ2n) is 12.8. The summed E-state index contributed by atoms with van der Waals surface area (Å²) in [7, 11) is 0. The van der Waals surface area contributed by atoms with Gasteiger partial charge in [-0.25, -0.2) is 13.2 Å². The molecule has 3 aromatic carbocycles. The van der Waals surface area contributed by atoms with E-state index in [0.717, 1.165) is 24.8 Å². The zero-order valence-corrected chi connectivity index (χ0v) is 26.3. The molecule has 0 bridgehead atoms. The molecule has 12 heteroatoms. The van der Waals surface area contributed by atoms with Crippen LogP contribution in [0.5, 0.6) is 6.01 Å². The molecule has 4 saturated heterocycles. The molecule has 4 fully saturated rings. The van der Waals surface area contributed by atoms with E-state index >= 15 is 4.39 Å². The molecule has 4 aliphatic rings. The van der Waals surface area contributed by atoms with Crippen molar-refractivity contribution >= 4 is 56.6 Å². The van der Waals surface area contributed by atoms with Crippen molar-refractivity contribution < 1.29 is 22.7 Å². The molecule has 1 aromatic heterocycles. The van der Waals surface area contributed by atoms with Crippen molar-refractivity contribution in [2.24, 2.45) is 0 Å². The molecular weight excluding hydrogens is 638 g/mol. The number of hydrogen-bond donors (Lipinski definition) is 0. The lowest BCUT2D eigenvalue weighted by Gasteiger charge is -2.47. The first kappa shape index (κ1) is 29.8. The number of carbonyl (C=O) groups is 1. The van der Waals surface area contributed by atoms with Crippen LogP contribution in [0.15, 0.2) is 54.9 Å². The highest BCUT2D eigenvalue weighted by Gasteiger charge is 2.51. The van der Waals surface area contributed by atoms with Crippen molar-refractivity contribution in [2.75, 3.05) is 37.7 Å². The molecule has 0 N–H and O–H groups in total. The Morgan fingerprint density at radius 2 is 1.89 bits per heavy atom. The molecule has 1 unspecified atom stereocenters. The molecular formula is C34H30Cl2F3N5O2. The number of halogens is 5. The SMILES string of the molecule is C=C(F)C(=O)N1CCC2[C@H]1CN2c1nc(OC[C@@]23CCCN2C[C@H](F)C3)nc2c(F)c(-c3cccc4cccc(Cl)c34)c(Cl)cc12. The lowest BCUT2D eigenvalue weighted by molar-refractivity contribution is -0.130. The van der Waals surface area contributed by atoms with Crippen molar-refractivity contribution in [2.45, 2.75) is 49.5 Å². The van der Waals surface area contributed by atoms with Crippen LogP contribution in [0.1, 0.15) is 25.7 Å². The summed E-state index contributed by atoms with van der Waals surface area (Å²) in [6, 6.07) is 12.2. The molecule has 8 rings (SSSR count). The molecule has 46 heavy (non-hydrogen) atoms.